The molecule has 38 heteroatoms. The topological polar surface area (TPSA) is 268 Å². The van der Waals surface area contributed by atoms with Gasteiger partial charge in [-0.05, 0) is 115 Å². The predicted molar refractivity (Wildman–Crippen MR) is 326 cm³/mol. The second-order valence-corrected chi connectivity index (χ2v) is 29.1. The summed E-state index contributed by atoms with van der Waals surface area (Å²) < 4.78 is 154. The first-order chi connectivity index (χ1) is 43.6. The van der Waals surface area contributed by atoms with Crippen LogP contribution in [-0.2, 0) is 29.3 Å². The van der Waals surface area contributed by atoms with Gasteiger partial charge >= 0.3 is 42.0 Å². The normalized spacial score (nSPS) is 19.7. The van der Waals surface area contributed by atoms with Crippen LogP contribution in [0.5, 0.6) is 0 Å². The van der Waals surface area contributed by atoms with Crippen molar-refractivity contribution in [2.75, 3.05) is 31.5 Å². The molecule has 6 aromatic rings. The number of halogens is 17. The Kier molecular flexibility index (Phi) is 23.2. The number of nitrogens with one attached hydrogen (secondary N) is 4. The number of H-pyrrole nitrogens is 1. The summed E-state index contributed by atoms with van der Waals surface area (Å²) >= 11 is 24.2. The first kappa shape index (κ1) is 73.8. The highest BCUT2D eigenvalue weighted by Crippen LogP contribution is 2.61. The molecule has 6 aliphatic rings. The summed E-state index contributed by atoms with van der Waals surface area (Å²) in [4.78, 5) is 71.8. The highest BCUT2D eigenvalue weighted by molar-refractivity contribution is 8.24. The van der Waals surface area contributed by atoms with Crippen LogP contribution in [-0.4, -0.2) is 123 Å². The van der Waals surface area contributed by atoms with Crippen LogP contribution in [0, 0.1) is 0 Å². The van der Waals surface area contributed by atoms with E-state index >= 15 is 0 Å². The van der Waals surface area contributed by atoms with Crippen LogP contribution in [0.2, 0.25) is 10.3 Å². The van der Waals surface area contributed by atoms with Crippen molar-refractivity contribution in [1.29, 1.82) is 0 Å². The fraction of sp³-hybridized carbons (Fsp3) is 0.357. The molecule has 2 fully saturated rings. The van der Waals surface area contributed by atoms with Crippen LogP contribution >= 0.6 is 62.1 Å². The molecule has 2 aromatic carbocycles. The Balaban J connectivity index is 0.000000177. The highest BCUT2D eigenvalue weighted by atomic mass is 36.0. The molecular weight excluding hydrogens is 1400 g/mol. The number of aliphatic imine (C=N–C) groups is 2. The largest absolute Gasteiger partial charge is 0.451 e. The van der Waals surface area contributed by atoms with Crippen molar-refractivity contribution in [1.82, 2.24) is 60.3 Å². The van der Waals surface area contributed by atoms with Crippen LogP contribution in [0.4, 0.5) is 68.1 Å². The van der Waals surface area contributed by atoms with Gasteiger partial charge in [0.15, 0.2) is 0 Å². The summed E-state index contributed by atoms with van der Waals surface area (Å²) in [7, 11) is 0. The van der Waals surface area contributed by atoms with Crippen molar-refractivity contribution in [3.8, 4) is 0 Å². The molecule has 0 radical (unpaired) electrons. The van der Waals surface area contributed by atoms with E-state index in [4.69, 9.17) is 28.9 Å². The number of carbonyl (C=O) groups is 2. The monoisotopic (exact) mass is 1450 g/mol. The van der Waals surface area contributed by atoms with Crippen LogP contribution in [0.15, 0.2) is 147 Å². The molecule has 12 rings (SSSR count). The van der Waals surface area contributed by atoms with Crippen LogP contribution in [0.3, 0.4) is 0 Å². The Morgan fingerprint density at radius 3 is 1.35 bits per heavy atom. The molecule has 2 aliphatic carbocycles. The highest BCUT2D eigenvalue weighted by Gasteiger charge is 2.50. The van der Waals surface area contributed by atoms with E-state index in [0.29, 0.717) is 49.7 Å². The number of alkyl halides is 12. The predicted octanol–water partition coefficient (Wildman–Crippen LogP) is 13.9. The number of urea groups is 2. The molecule has 0 bridgehead atoms. The molecule has 2 unspecified atom stereocenters. The van der Waals surface area contributed by atoms with E-state index in [-0.39, 0.29) is 45.8 Å². The van der Waals surface area contributed by atoms with Crippen LogP contribution in [0.25, 0.3) is 0 Å². The number of aromatic nitrogens is 8. The fourth-order valence-corrected chi connectivity index (χ4v) is 10.0. The lowest BCUT2D eigenvalue weighted by Gasteiger charge is -2.34. The van der Waals surface area contributed by atoms with Gasteiger partial charge in [0.25, 0.3) is 5.56 Å². The smallest absolute Gasteiger partial charge is 0.384 e. The minimum atomic E-state index is -4.63. The van der Waals surface area contributed by atoms with Gasteiger partial charge in [-0.15, -0.1) is 0 Å². The molecule has 0 saturated heterocycles. The van der Waals surface area contributed by atoms with Gasteiger partial charge < -0.3 is 36.5 Å². The van der Waals surface area contributed by atoms with Crippen molar-refractivity contribution >= 4 is 91.7 Å². The van der Waals surface area contributed by atoms with Gasteiger partial charge in [0.2, 0.25) is 23.3 Å². The van der Waals surface area contributed by atoms with E-state index in [9.17, 15) is 71.6 Å². The number of hydrogen-bond acceptors (Lipinski definition) is 15. The Morgan fingerprint density at radius 1 is 0.574 bits per heavy atom. The van der Waals surface area contributed by atoms with Gasteiger partial charge in [-0.3, -0.25) is 19.3 Å². The number of anilines is 1. The van der Waals surface area contributed by atoms with Crippen molar-refractivity contribution in [2.24, 2.45) is 15.7 Å². The number of aromatic amines is 1. The van der Waals surface area contributed by atoms with Crippen molar-refractivity contribution < 1.29 is 66.8 Å². The van der Waals surface area contributed by atoms with Crippen molar-refractivity contribution in [3.05, 3.63) is 187 Å². The summed E-state index contributed by atoms with van der Waals surface area (Å²) in [6, 6.07) is 25.3. The Labute approximate surface area is 550 Å². The molecule has 504 valence electrons. The van der Waals surface area contributed by atoms with Gasteiger partial charge in [-0.1, -0.05) is 83.9 Å². The molecule has 0 spiro atoms. The van der Waals surface area contributed by atoms with Gasteiger partial charge in [-0.25, -0.2) is 44.5 Å². The van der Waals surface area contributed by atoms with Gasteiger partial charge in [0.1, 0.15) is 27.8 Å². The molecule has 4 atom stereocenters. The summed E-state index contributed by atoms with van der Waals surface area (Å²) in [5.41, 5.74) is 10.8. The number of nitrogens with zero attached hydrogens (tertiary/aromatic N) is 11. The van der Waals surface area contributed by atoms with E-state index in [1.807, 2.05) is 55.1 Å². The Bertz CT molecular complexity index is 3890. The van der Waals surface area contributed by atoms with Crippen LogP contribution < -0.4 is 27.2 Å². The first-order valence-electron chi connectivity index (χ1n) is 27.3. The summed E-state index contributed by atoms with van der Waals surface area (Å²) in [6.45, 7) is 9.94. The summed E-state index contributed by atoms with van der Waals surface area (Å²) in [5.74, 6) is -3.12. The molecule has 4 aromatic heterocycles. The second kappa shape index (κ2) is 29.6. The molecule has 4 amide bonds. The van der Waals surface area contributed by atoms with E-state index in [1.165, 1.54) is 34.9 Å². The van der Waals surface area contributed by atoms with E-state index in [2.05, 4.69) is 133 Å². The number of hydrogen-bond donors (Lipinski definition) is 5. The SMILES string of the molecule is CC1(C)C2=C(CN1C(=O)NC1C[C@@H]1c1ccccc1)C(N)=NC2.CC1(C)C2=C(CN1C(=O)NC1C[C@@H]1c1ccccc1)C(Nc1ccnc(C(F)(F)F)n1)=NC2.FC(F)(F)c1nccc(Cl)n1.FC(F)(F)c1nccc(Cl)n1.O=P(Cl)(Cl)Cl.O=c1ccnc(C(F)(F)F)[nH]1. The minimum absolute atomic E-state index is 0.000584. The third-order valence-corrected chi connectivity index (χ3v) is 15.0. The maximum absolute atomic E-state index is 13.1. The lowest BCUT2D eigenvalue weighted by atomic mass is 9.94. The average molecular weight is 1450 g/mol. The van der Waals surface area contributed by atoms with Gasteiger partial charge in [0.05, 0.1) is 37.3 Å². The standard InChI is InChI=1S/C23H23F3N6O.C18H22N4O.2C5H2ClF3N2.C5H3F3N2O.Cl3OP/c1-22(2)16-11-28-19(30-18-8-9-27-20(31-18)23(24,25)26)15(16)12-32(22)21(33)29-17-10-14(17)13-6-4-3-5-7-13;1-18(2)14-9-20-16(19)13(14)10-22(18)17(23)21-15-8-12(15)11-6-4-3-5-7-11;2*6-3-1-2-10-4(11-3)5(7,8)9;6-5(7,8)4-9-2-1-3(11)10-4;1-5(2,3)4/h3-9,14,17H,10-12H2,1-2H3,(H,29,33)(H,27,28,30,31);3-7,12,15H,8-10H2,1-2H3,(H2,19,20)(H,21,23);2*1-2H;1-2H,(H,9,10,11);/t14-,17?;12-,15?;;;;/m11..../s1. The number of benzene rings is 2. The van der Waals surface area contributed by atoms with Crippen molar-refractivity contribution in [3.63, 3.8) is 0 Å². The number of nitrogens with two attached hydrogens (primary N) is 1. The average Bonchev–Trinajstić information content (AvgIpc) is 1.60. The molecular formula is C56H52Cl5F12N16O4P. The summed E-state index contributed by atoms with van der Waals surface area (Å²) in [5, 5.41) is 5.55. The zero-order chi connectivity index (χ0) is 69.5. The minimum Gasteiger partial charge on any atom is -0.384 e. The molecule has 4 aliphatic heterocycles. The fourth-order valence-electron chi connectivity index (χ4n) is 9.74. The first-order valence-corrected chi connectivity index (χ1v) is 32.5. The number of amidine groups is 2. The molecule has 20 nitrogen and oxygen atoms in total. The van der Waals surface area contributed by atoms with E-state index in [0.717, 1.165) is 60.4 Å². The maximum atomic E-state index is 13.1. The lowest BCUT2D eigenvalue weighted by Crippen LogP contribution is -2.51. The van der Waals surface area contributed by atoms with Crippen molar-refractivity contribution in [2.45, 2.75) is 100 Å². The lowest BCUT2D eigenvalue weighted by molar-refractivity contribution is -0.145. The van der Waals surface area contributed by atoms with E-state index < -0.39 is 64.3 Å². The molecule has 8 heterocycles. The summed E-state index contributed by atoms with van der Waals surface area (Å²) in [6.07, 6.45) is -12.6. The molecule has 6 N–H and O–H groups in total. The number of carbonyl (C=O) groups excluding carboxylic acids is 2. The third kappa shape index (κ3) is 20.2. The zero-order valence-electron chi connectivity index (χ0n) is 48.9. The Hall–Kier alpha value is -7.64. The molecule has 94 heavy (non-hydrogen) atoms. The maximum Gasteiger partial charge on any atom is 0.451 e. The van der Waals surface area contributed by atoms with Gasteiger partial charge in [0, 0.05) is 65.9 Å². The second-order valence-electron chi connectivity index (χ2n) is 21.7. The van der Waals surface area contributed by atoms with Crippen LogP contribution in [0.1, 0.15) is 86.8 Å². The third-order valence-electron chi connectivity index (χ3n) is 14.6. The van der Waals surface area contributed by atoms with Gasteiger partial charge in [-0.2, -0.15) is 52.7 Å². The quantitative estimate of drug-likeness (QED) is 0.0611. The number of amides is 4. The molecule has 2 saturated carbocycles. The number of rotatable bonds is 5. The van der Waals surface area contributed by atoms with E-state index in [1.54, 1.807) is 9.88 Å². The zero-order valence-corrected chi connectivity index (χ0v) is 53.6. The Morgan fingerprint density at radius 2 is 0.968 bits per heavy atom.